The monoisotopic (exact) mass is 355 g/mol. The smallest absolute Gasteiger partial charge is 0.105 e. The number of benzene rings is 1. The Hall–Kier alpha value is -0.980. The first kappa shape index (κ1) is 14.4. The van der Waals surface area contributed by atoms with E-state index in [4.69, 9.17) is 18.0 Å². The molecule has 0 saturated heterocycles. The molecule has 0 atom stereocenters. The van der Waals surface area contributed by atoms with Crippen LogP contribution in [-0.2, 0) is 6.54 Å². The van der Waals surface area contributed by atoms with Gasteiger partial charge in [0.05, 0.1) is 17.7 Å². The summed E-state index contributed by atoms with van der Waals surface area (Å²) in [7, 11) is 2.06. The quantitative estimate of drug-likeness (QED) is 0.852. The normalized spacial score (nSPS) is 10.5. The van der Waals surface area contributed by atoms with Crippen LogP contribution in [0.4, 0.5) is 5.69 Å². The Morgan fingerprint density at radius 3 is 2.79 bits per heavy atom. The molecule has 0 unspecified atom stereocenters. The highest BCUT2D eigenvalue weighted by Gasteiger charge is 2.09. The lowest BCUT2D eigenvalue weighted by molar-refractivity contribution is 0.925. The molecule has 0 fully saturated rings. The van der Waals surface area contributed by atoms with E-state index in [1.165, 1.54) is 4.88 Å². The second-order valence-electron chi connectivity index (χ2n) is 4.25. The molecule has 0 aliphatic heterocycles. The van der Waals surface area contributed by atoms with E-state index in [9.17, 15) is 0 Å². The van der Waals surface area contributed by atoms with Gasteiger partial charge in [-0.1, -0.05) is 12.2 Å². The van der Waals surface area contributed by atoms with Crippen LogP contribution in [0.3, 0.4) is 0 Å². The SMILES string of the molecule is Cc1ncsc1CN(C)c1ccc(C(N)=S)c(Br)c1. The molecule has 0 spiro atoms. The molecule has 6 heteroatoms. The van der Waals surface area contributed by atoms with Crippen molar-refractivity contribution in [1.82, 2.24) is 4.98 Å². The van der Waals surface area contributed by atoms with Crippen LogP contribution in [0.5, 0.6) is 0 Å². The molecule has 1 aromatic carbocycles. The summed E-state index contributed by atoms with van der Waals surface area (Å²) in [5.41, 5.74) is 10.6. The second kappa shape index (κ2) is 5.98. The van der Waals surface area contributed by atoms with E-state index in [-0.39, 0.29) is 0 Å². The summed E-state index contributed by atoms with van der Waals surface area (Å²) in [6, 6.07) is 6.00. The van der Waals surface area contributed by atoms with Gasteiger partial charge >= 0.3 is 0 Å². The van der Waals surface area contributed by atoms with Crippen LogP contribution in [0.25, 0.3) is 0 Å². The number of aryl methyl sites for hydroxylation is 1. The van der Waals surface area contributed by atoms with E-state index >= 15 is 0 Å². The number of nitrogens with two attached hydrogens (primary N) is 1. The van der Waals surface area contributed by atoms with Crippen LogP contribution >= 0.6 is 39.5 Å². The fraction of sp³-hybridized carbons (Fsp3) is 0.231. The maximum absolute atomic E-state index is 5.65. The molecule has 1 heterocycles. The van der Waals surface area contributed by atoms with E-state index in [0.29, 0.717) is 4.99 Å². The molecule has 2 N–H and O–H groups in total. The first-order valence-electron chi connectivity index (χ1n) is 5.68. The standard InChI is InChI=1S/C13H14BrN3S2/c1-8-12(19-7-16-8)6-17(2)9-3-4-10(13(15)18)11(14)5-9/h3-5,7H,6H2,1-2H3,(H2,15,18). The van der Waals surface area contributed by atoms with Gasteiger partial charge in [-0.15, -0.1) is 11.3 Å². The fourth-order valence-electron chi connectivity index (χ4n) is 1.73. The molecule has 19 heavy (non-hydrogen) atoms. The Labute approximate surface area is 130 Å². The van der Waals surface area contributed by atoms with E-state index in [1.54, 1.807) is 11.3 Å². The lowest BCUT2D eigenvalue weighted by Gasteiger charge is -2.19. The number of rotatable bonds is 4. The molecule has 2 rings (SSSR count). The van der Waals surface area contributed by atoms with Crippen LogP contribution in [0.2, 0.25) is 0 Å². The van der Waals surface area contributed by atoms with E-state index < -0.39 is 0 Å². The van der Waals surface area contributed by atoms with Crippen molar-refractivity contribution in [2.24, 2.45) is 5.73 Å². The van der Waals surface area contributed by atoms with Gasteiger partial charge in [-0.05, 0) is 41.1 Å². The van der Waals surface area contributed by atoms with Crippen LogP contribution < -0.4 is 10.6 Å². The molecular formula is C13H14BrN3S2. The molecule has 0 bridgehead atoms. The van der Waals surface area contributed by atoms with Gasteiger partial charge in [0.15, 0.2) is 0 Å². The molecular weight excluding hydrogens is 342 g/mol. The number of halogens is 1. The highest BCUT2D eigenvalue weighted by atomic mass is 79.9. The van der Waals surface area contributed by atoms with Gasteiger partial charge < -0.3 is 10.6 Å². The third-order valence-corrected chi connectivity index (χ3v) is 4.68. The van der Waals surface area contributed by atoms with Gasteiger partial charge in [-0.25, -0.2) is 4.98 Å². The van der Waals surface area contributed by atoms with Crippen LogP contribution in [0.15, 0.2) is 28.2 Å². The van der Waals surface area contributed by atoms with Crippen molar-refractivity contribution in [2.75, 3.05) is 11.9 Å². The Kier molecular flexibility index (Phi) is 4.54. The molecule has 0 saturated carbocycles. The van der Waals surface area contributed by atoms with Crippen molar-refractivity contribution in [3.8, 4) is 0 Å². The molecule has 0 aliphatic carbocycles. The van der Waals surface area contributed by atoms with E-state index in [1.807, 2.05) is 30.6 Å². The summed E-state index contributed by atoms with van der Waals surface area (Å²) in [4.78, 5) is 8.12. The average molecular weight is 356 g/mol. The predicted molar refractivity (Wildman–Crippen MR) is 89.0 cm³/mol. The van der Waals surface area contributed by atoms with Crippen molar-refractivity contribution in [1.29, 1.82) is 0 Å². The number of aromatic nitrogens is 1. The minimum atomic E-state index is 0.402. The largest absolute Gasteiger partial charge is 0.389 e. The van der Waals surface area contributed by atoms with Crippen molar-refractivity contribution in [2.45, 2.75) is 13.5 Å². The number of anilines is 1. The van der Waals surface area contributed by atoms with E-state index in [2.05, 4.69) is 32.9 Å². The number of thiocarbonyl (C=S) groups is 1. The van der Waals surface area contributed by atoms with Gasteiger partial charge in [0.2, 0.25) is 0 Å². The fourth-order valence-corrected chi connectivity index (χ4v) is 3.44. The second-order valence-corrected chi connectivity index (χ2v) is 6.48. The summed E-state index contributed by atoms with van der Waals surface area (Å²) >= 11 is 10.2. The van der Waals surface area contributed by atoms with Crippen LogP contribution in [-0.4, -0.2) is 17.0 Å². The summed E-state index contributed by atoms with van der Waals surface area (Å²) in [5, 5.41) is 0. The number of hydrogen-bond donors (Lipinski definition) is 1. The predicted octanol–water partition coefficient (Wildman–Crippen LogP) is 3.48. The minimum Gasteiger partial charge on any atom is -0.389 e. The van der Waals surface area contributed by atoms with Crippen LogP contribution in [0.1, 0.15) is 16.1 Å². The maximum atomic E-state index is 5.65. The first-order valence-corrected chi connectivity index (χ1v) is 7.76. The van der Waals surface area contributed by atoms with Gasteiger partial charge in [-0.2, -0.15) is 0 Å². The zero-order valence-corrected chi connectivity index (χ0v) is 13.9. The summed E-state index contributed by atoms with van der Waals surface area (Å²) < 4.78 is 0.922. The van der Waals surface area contributed by atoms with Gasteiger partial charge in [0.1, 0.15) is 4.99 Å². The molecule has 0 aliphatic rings. The Morgan fingerprint density at radius 2 is 2.26 bits per heavy atom. The summed E-state index contributed by atoms with van der Waals surface area (Å²) in [5.74, 6) is 0. The zero-order valence-electron chi connectivity index (χ0n) is 10.7. The topological polar surface area (TPSA) is 42.2 Å². The lowest BCUT2D eigenvalue weighted by atomic mass is 10.2. The molecule has 100 valence electrons. The van der Waals surface area contributed by atoms with Crippen molar-refractivity contribution in [3.05, 3.63) is 44.3 Å². The molecule has 1 aromatic heterocycles. The highest BCUT2D eigenvalue weighted by Crippen LogP contribution is 2.25. The molecule has 2 aromatic rings. The van der Waals surface area contributed by atoms with Gasteiger partial charge in [0, 0.05) is 27.6 Å². The first-order chi connectivity index (χ1) is 8.99. The van der Waals surface area contributed by atoms with Crippen molar-refractivity contribution < 1.29 is 0 Å². The Morgan fingerprint density at radius 1 is 1.53 bits per heavy atom. The maximum Gasteiger partial charge on any atom is 0.105 e. The molecule has 0 amide bonds. The van der Waals surface area contributed by atoms with Gasteiger partial charge in [0.25, 0.3) is 0 Å². The van der Waals surface area contributed by atoms with Crippen molar-refractivity contribution in [3.63, 3.8) is 0 Å². The number of thiazole rings is 1. The average Bonchev–Trinajstić information content (AvgIpc) is 2.74. The zero-order chi connectivity index (χ0) is 14.0. The molecule has 3 nitrogen and oxygen atoms in total. The van der Waals surface area contributed by atoms with Crippen LogP contribution in [0, 0.1) is 6.92 Å². The van der Waals surface area contributed by atoms with E-state index in [0.717, 1.165) is 28.0 Å². The number of hydrogen-bond acceptors (Lipinski definition) is 4. The molecule has 0 radical (unpaired) electrons. The third kappa shape index (κ3) is 3.32. The Bertz CT molecular complexity index is 610. The summed E-state index contributed by atoms with van der Waals surface area (Å²) in [6.45, 7) is 2.88. The lowest BCUT2D eigenvalue weighted by Crippen LogP contribution is -2.17. The van der Waals surface area contributed by atoms with Crippen molar-refractivity contribution >= 4 is 50.2 Å². The minimum absolute atomic E-state index is 0.402. The Balaban J connectivity index is 2.20. The van der Waals surface area contributed by atoms with Gasteiger partial charge in [-0.3, -0.25) is 0 Å². The summed E-state index contributed by atoms with van der Waals surface area (Å²) in [6.07, 6.45) is 0. The number of nitrogens with zero attached hydrogens (tertiary/aromatic N) is 2. The third-order valence-electron chi connectivity index (χ3n) is 2.88. The highest BCUT2D eigenvalue weighted by molar-refractivity contribution is 9.10.